The van der Waals surface area contributed by atoms with Crippen LogP contribution in [0, 0.1) is 0 Å². The number of aromatic amines is 1. The molecule has 1 aromatic carbocycles. The minimum Gasteiger partial charge on any atom is -0.329 e. The summed E-state index contributed by atoms with van der Waals surface area (Å²) in [5.41, 5.74) is 1.61. The molecule has 1 aliphatic carbocycles. The molecule has 2 aromatic rings. The SMILES string of the molecule is Cl.O=C1CCCc2[nH]c(=O)c(C(=O)N3CCNCC3c3cccc(Cl)c3)cc21. The first kappa shape index (κ1) is 20.6. The summed E-state index contributed by atoms with van der Waals surface area (Å²) in [6, 6.07) is 8.64. The van der Waals surface area contributed by atoms with Gasteiger partial charge in [0.1, 0.15) is 5.56 Å². The van der Waals surface area contributed by atoms with E-state index in [4.69, 9.17) is 11.6 Å². The summed E-state index contributed by atoms with van der Waals surface area (Å²) in [6.45, 7) is 1.69. The molecule has 28 heavy (non-hydrogen) atoms. The van der Waals surface area contributed by atoms with Crippen LogP contribution in [0.3, 0.4) is 0 Å². The van der Waals surface area contributed by atoms with Crippen LogP contribution in [-0.2, 0) is 6.42 Å². The quantitative estimate of drug-likeness (QED) is 0.780. The van der Waals surface area contributed by atoms with Gasteiger partial charge in [-0.3, -0.25) is 14.4 Å². The molecule has 1 unspecified atom stereocenters. The number of nitrogens with one attached hydrogen (secondary N) is 2. The van der Waals surface area contributed by atoms with Gasteiger partial charge in [-0.1, -0.05) is 23.7 Å². The number of rotatable bonds is 2. The van der Waals surface area contributed by atoms with Gasteiger partial charge >= 0.3 is 0 Å². The number of fused-ring (bicyclic) bond motifs is 1. The minimum absolute atomic E-state index is 0. The Kier molecular flexibility index (Phi) is 6.23. The van der Waals surface area contributed by atoms with E-state index in [1.54, 1.807) is 11.0 Å². The van der Waals surface area contributed by atoms with Crippen LogP contribution < -0.4 is 10.9 Å². The third kappa shape index (κ3) is 3.85. The molecule has 1 aromatic heterocycles. The number of carbonyl (C=O) groups excluding carboxylic acids is 2. The highest BCUT2D eigenvalue weighted by atomic mass is 35.5. The Morgan fingerprint density at radius 2 is 2.00 bits per heavy atom. The second kappa shape index (κ2) is 8.47. The Bertz CT molecular complexity index is 973. The molecule has 0 saturated carbocycles. The number of carbonyl (C=O) groups is 2. The highest BCUT2D eigenvalue weighted by Gasteiger charge is 2.31. The predicted molar refractivity (Wildman–Crippen MR) is 110 cm³/mol. The van der Waals surface area contributed by atoms with Gasteiger partial charge in [0.2, 0.25) is 0 Å². The molecule has 2 N–H and O–H groups in total. The number of pyridine rings is 1. The van der Waals surface area contributed by atoms with Gasteiger partial charge in [0, 0.05) is 42.3 Å². The van der Waals surface area contributed by atoms with E-state index in [9.17, 15) is 14.4 Å². The Hall–Kier alpha value is -2.15. The number of benzene rings is 1. The normalized spacial score (nSPS) is 19.0. The van der Waals surface area contributed by atoms with Crippen molar-refractivity contribution in [3.63, 3.8) is 0 Å². The second-order valence-electron chi connectivity index (χ2n) is 6.95. The maximum atomic E-state index is 13.2. The number of hydrogen-bond acceptors (Lipinski definition) is 4. The third-order valence-electron chi connectivity index (χ3n) is 5.22. The van der Waals surface area contributed by atoms with Gasteiger partial charge in [-0.15, -0.1) is 12.4 Å². The molecule has 4 rings (SSSR count). The molecule has 148 valence electrons. The molecule has 8 heteroatoms. The fourth-order valence-corrected chi connectivity index (χ4v) is 4.05. The van der Waals surface area contributed by atoms with Crippen LogP contribution in [0.5, 0.6) is 0 Å². The lowest BCUT2D eigenvalue weighted by Gasteiger charge is -2.36. The summed E-state index contributed by atoms with van der Waals surface area (Å²) in [5.74, 6) is -0.378. The van der Waals surface area contributed by atoms with Crippen LogP contribution in [0.2, 0.25) is 5.02 Å². The van der Waals surface area contributed by atoms with E-state index in [0.29, 0.717) is 48.8 Å². The number of hydrogen-bond donors (Lipinski definition) is 2. The summed E-state index contributed by atoms with van der Waals surface area (Å²) >= 11 is 6.11. The third-order valence-corrected chi connectivity index (χ3v) is 5.46. The van der Waals surface area contributed by atoms with Crippen LogP contribution in [0.15, 0.2) is 35.1 Å². The van der Waals surface area contributed by atoms with Crippen molar-refractivity contribution in [3.8, 4) is 0 Å². The Morgan fingerprint density at radius 3 is 2.79 bits per heavy atom. The summed E-state index contributed by atoms with van der Waals surface area (Å²) in [7, 11) is 0. The number of nitrogens with zero attached hydrogens (tertiary/aromatic N) is 1. The van der Waals surface area contributed by atoms with Crippen LogP contribution in [0.4, 0.5) is 0 Å². The lowest BCUT2D eigenvalue weighted by Crippen LogP contribution is -2.49. The molecule has 1 atom stereocenters. The number of aromatic nitrogens is 1. The number of piperazine rings is 1. The van der Waals surface area contributed by atoms with Gasteiger partial charge in [-0.2, -0.15) is 0 Å². The maximum Gasteiger partial charge on any atom is 0.261 e. The summed E-state index contributed by atoms with van der Waals surface area (Å²) in [5, 5.41) is 3.88. The number of H-pyrrole nitrogens is 1. The maximum absolute atomic E-state index is 13.2. The van der Waals surface area contributed by atoms with E-state index >= 15 is 0 Å². The van der Waals surface area contributed by atoms with Crippen molar-refractivity contribution in [2.75, 3.05) is 19.6 Å². The van der Waals surface area contributed by atoms with Crippen molar-refractivity contribution in [3.05, 3.63) is 68.1 Å². The number of aryl methyl sites for hydroxylation is 1. The molecule has 0 bridgehead atoms. The topological polar surface area (TPSA) is 82.3 Å². The van der Waals surface area contributed by atoms with E-state index in [2.05, 4.69) is 10.3 Å². The van der Waals surface area contributed by atoms with Crippen molar-refractivity contribution < 1.29 is 9.59 Å². The van der Waals surface area contributed by atoms with Crippen LogP contribution >= 0.6 is 24.0 Å². The van der Waals surface area contributed by atoms with E-state index in [1.165, 1.54) is 6.07 Å². The number of Topliss-reactive ketones (excluding diaryl/α,β-unsaturated/α-hetero) is 1. The average Bonchev–Trinajstić information content (AvgIpc) is 2.67. The highest BCUT2D eigenvalue weighted by molar-refractivity contribution is 6.30. The number of ketones is 1. The first-order valence-corrected chi connectivity index (χ1v) is 9.49. The van der Waals surface area contributed by atoms with E-state index in [0.717, 1.165) is 12.0 Å². The zero-order valence-corrected chi connectivity index (χ0v) is 16.7. The Labute approximate surface area is 173 Å². The standard InChI is InChI=1S/C20H20ClN3O3.ClH/c21-13-4-1-3-12(9-13)17-11-22-7-8-24(17)20(27)15-10-14-16(23-19(15)26)5-2-6-18(14)25;/h1,3-4,9-10,17,22H,2,5-8,11H2,(H,23,26);1H. The fraction of sp³-hybridized carbons (Fsp3) is 0.350. The molecule has 1 amide bonds. The lowest BCUT2D eigenvalue weighted by molar-refractivity contribution is 0.0632. The molecular formula is C20H21Cl2N3O3. The average molecular weight is 422 g/mol. The van der Waals surface area contributed by atoms with Crippen molar-refractivity contribution in [2.45, 2.75) is 25.3 Å². The zero-order valence-electron chi connectivity index (χ0n) is 15.2. The van der Waals surface area contributed by atoms with Gasteiger partial charge in [0.15, 0.2) is 5.78 Å². The van der Waals surface area contributed by atoms with Crippen molar-refractivity contribution in [2.24, 2.45) is 0 Å². The Balaban J connectivity index is 0.00000225. The molecule has 6 nitrogen and oxygen atoms in total. The fourth-order valence-electron chi connectivity index (χ4n) is 3.85. The predicted octanol–water partition coefficient (Wildman–Crippen LogP) is 2.76. The van der Waals surface area contributed by atoms with Gasteiger partial charge in [-0.25, -0.2) is 0 Å². The smallest absolute Gasteiger partial charge is 0.261 e. The highest BCUT2D eigenvalue weighted by Crippen LogP contribution is 2.26. The van der Waals surface area contributed by atoms with Gasteiger partial charge in [0.25, 0.3) is 11.5 Å². The van der Waals surface area contributed by atoms with Crippen LogP contribution in [0.25, 0.3) is 0 Å². The van der Waals surface area contributed by atoms with Crippen molar-refractivity contribution in [1.82, 2.24) is 15.2 Å². The molecule has 2 heterocycles. The second-order valence-corrected chi connectivity index (χ2v) is 7.39. The van der Waals surface area contributed by atoms with E-state index < -0.39 is 5.56 Å². The summed E-state index contributed by atoms with van der Waals surface area (Å²) in [6.07, 6.45) is 1.83. The Morgan fingerprint density at radius 1 is 1.18 bits per heavy atom. The van der Waals surface area contributed by atoms with Crippen molar-refractivity contribution >= 4 is 35.7 Å². The molecule has 2 aliphatic rings. The molecule has 0 spiro atoms. The zero-order chi connectivity index (χ0) is 19.0. The van der Waals surface area contributed by atoms with Crippen molar-refractivity contribution in [1.29, 1.82) is 0 Å². The first-order chi connectivity index (χ1) is 13.0. The number of amides is 1. The summed E-state index contributed by atoms with van der Waals surface area (Å²) in [4.78, 5) is 42.4. The van der Waals surface area contributed by atoms with Gasteiger partial charge in [0.05, 0.1) is 6.04 Å². The number of halogens is 2. The lowest BCUT2D eigenvalue weighted by atomic mass is 9.93. The van der Waals surface area contributed by atoms with Gasteiger partial charge < -0.3 is 15.2 Å². The minimum atomic E-state index is -0.433. The molecule has 0 radical (unpaired) electrons. The van der Waals surface area contributed by atoms with Crippen LogP contribution in [-0.4, -0.2) is 41.2 Å². The van der Waals surface area contributed by atoms with E-state index in [-0.39, 0.29) is 35.7 Å². The largest absolute Gasteiger partial charge is 0.329 e. The molecule has 1 fully saturated rings. The van der Waals surface area contributed by atoms with E-state index in [1.807, 2.05) is 18.2 Å². The molecular weight excluding hydrogens is 401 g/mol. The molecule has 1 aliphatic heterocycles. The molecule has 1 saturated heterocycles. The summed E-state index contributed by atoms with van der Waals surface area (Å²) < 4.78 is 0. The van der Waals surface area contributed by atoms with Crippen LogP contribution in [0.1, 0.15) is 50.9 Å². The van der Waals surface area contributed by atoms with Gasteiger partial charge in [-0.05, 0) is 36.6 Å². The monoisotopic (exact) mass is 421 g/mol. The first-order valence-electron chi connectivity index (χ1n) is 9.11.